The van der Waals surface area contributed by atoms with Gasteiger partial charge in [-0.2, -0.15) is 0 Å². The number of nitrogens with zero attached hydrogens (tertiary/aromatic N) is 2. The number of aryl methyl sites for hydroxylation is 1. The van der Waals surface area contributed by atoms with Gasteiger partial charge in [0.1, 0.15) is 5.69 Å². The van der Waals surface area contributed by atoms with E-state index in [-0.39, 0.29) is 5.91 Å². The van der Waals surface area contributed by atoms with E-state index in [1.165, 1.54) is 0 Å². The number of carbonyl (C=O) groups excluding carboxylic acids is 1. The van der Waals surface area contributed by atoms with E-state index in [1.807, 2.05) is 30.0 Å². The lowest BCUT2D eigenvalue weighted by molar-refractivity contribution is 0.0731. The second-order valence-corrected chi connectivity index (χ2v) is 4.94. The first-order chi connectivity index (χ1) is 8.25. The maximum absolute atomic E-state index is 12.4. The van der Waals surface area contributed by atoms with Crippen molar-refractivity contribution in [2.45, 2.75) is 19.4 Å². The van der Waals surface area contributed by atoms with Crippen LogP contribution in [0.3, 0.4) is 0 Å². The lowest BCUT2D eigenvalue weighted by Gasteiger charge is -2.23. The maximum Gasteiger partial charge on any atom is 0.272 e. The Morgan fingerprint density at radius 3 is 3.18 bits per heavy atom. The van der Waals surface area contributed by atoms with Crippen LogP contribution >= 0.6 is 0 Å². The first kappa shape index (κ1) is 10.7. The first-order valence-corrected chi connectivity index (χ1v) is 6.21. The third-order valence-corrected chi connectivity index (χ3v) is 3.81. The number of rotatable bonds is 1. The summed E-state index contributed by atoms with van der Waals surface area (Å²) < 4.78 is 0. The molecule has 1 aromatic heterocycles. The monoisotopic (exact) mass is 231 g/mol. The van der Waals surface area contributed by atoms with Gasteiger partial charge in [0, 0.05) is 31.4 Å². The number of amides is 1. The van der Waals surface area contributed by atoms with Crippen LogP contribution in [0, 0.1) is 12.8 Å². The topological polar surface area (TPSA) is 45.2 Å². The van der Waals surface area contributed by atoms with E-state index in [4.69, 9.17) is 0 Å². The molecule has 2 saturated heterocycles. The number of nitrogens with one attached hydrogen (secondary N) is 1. The fraction of sp³-hybridized carbons (Fsp3) is 0.538. The molecule has 17 heavy (non-hydrogen) atoms. The Balaban J connectivity index is 1.83. The van der Waals surface area contributed by atoms with Crippen LogP contribution in [0.15, 0.2) is 18.2 Å². The van der Waals surface area contributed by atoms with E-state index < -0.39 is 0 Å². The minimum Gasteiger partial charge on any atom is -0.333 e. The molecule has 0 radical (unpaired) electrons. The number of hydrogen-bond acceptors (Lipinski definition) is 3. The fourth-order valence-electron chi connectivity index (χ4n) is 2.91. The number of aromatic nitrogens is 1. The molecule has 90 valence electrons. The summed E-state index contributed by atoms with van der Waals surface area (Å²) in [4.78, 5) is 18.7. The highest BCUT2D eigenvalue weighted by molar-refractivity contribution is 5.92. The van der Waals surface area contributed by atoms with E-state index in [9.17, 15) is 4.79 Å². The van der Waals surface area contributed by atoms with Gasteiger partial charge in [0.25, 0.3) is 5.91 Å². The van der Waals surface area contributed by atoms with Gasteiger partial charge in [-0.3, -0.25) is 4.79 Å². The summed E-state index contributed by atoms with van der Waals surface area (Å²) in [7, 11) is 0. The second-order valence-electron chi connectivity index (χ2n) is 4.94. The van der Waals surface area contributed by atoms with Gasteiger partial charge in [0.2, 0.25) is 0 Å². The predicted molar refractivity (Wildman–Crippen MR) is 64.8 cm³/mol. The van der Waals surface area contributed by atoms with Crippen molar-refractivity contribution in [1.29, 1.82) is 0 Å². The van der Waals surface area contributed by atoms with Gasteiger partial charge in [0.05, 0.1) is 0 Å². The molecule has 3 heterocycles. The maximum atomic E-state index is 12.4. The highest BCUT2D eigenvalue weighted by atomic mass is 16.2. The largest absolute Gasteiger partial charge is 0.333 e. The summed E-state index contributed by atoms with van der Waals surface area (Å²) in [6.07, 6.45) is 1.12. The van der Waals surface area contributed by atoms with E-state index in [0.717, 1.165) is 31.7 Å². The van der Waals surface area contributed by atoms with Crippen molar-refractivity contribution in [3.05, 3.63) is 29.6 Å². The van der Waals surface area contributed by atoms with Crippen molar-refractivity contribution in [1.82, 2.24) is 15.2 Å². The van der Waals surface area contributed by atoms with Crippen molar-refractivity contribution in [2.24, 2.45) is 5.92 Å². The molecule has 2 aliphatic rings. The van der Waals surface area contributed by atoms with Gasteiger partial charge in [0.15, 0.2) is 0 Å². The molecule has 1 aromatic rings. The van der Waals surface area contributed by atoms with Gasteiger partial charge < -0.3 is 10.2 Å². The third-order valence-electron chi connectivity index (χ3n) is 3.81. The van der Waals surface area contributed by atoms with E-state index in [2.05, 4.69) is 10.3 Å². The van der Waals surface area contributed by atoms with Crippen molar-refractivity contribution in [3.8, 4) is 0 Å². The fourth-order valence-corrected chi connectivity index (χ4v) is 2.91. The molecule has 0 unspecified atom stereocenters. The zero-order valence-electron chi connectivity index (χ0n) is 10.0. The first-order valence-electron chi connectivity index (χ1n) is 6.21. The highest BCUT2D eigenvalue weighted by Crippen LogP contribution is 2.28. The van der Waals surface area contributed by atoms with Crippen molar-refractivity contribution in [3.63, 3.8) is 0 Å². The van der Waals surface area contributed by atoms with E-state index in [0.29, 0.717) is 17.7 Å². The van der Waals surface area contributed by atoms with Gasteiger partial charge in [-0.25, -0.2) is 4.98 Å². The predicted octanol–water partition coefficient (Wildman–Crippen LogP) is 0.824. The summed E-state index contributed by atoms with van der Waals surface area (Å²) in [5.41, 5.74) is 1.48. The Labute approximate surface area is 101 Å². The molecule has 0 aliphatic carbocycles. The van der Waals surface area contributed by atoms with E-state index in [1.54, 1.807) is 0 Å². The van der Waals surface area contributed by atoms with Crippen LogP contribution in [0.5, 0.6) is 0 Å². The Kier molecular flexibility index (Phi) is 2.59. The van der Waals surface area contributed by atoms with Crippen LogP contribution in [-0.2, 0) is 0 Å². The average molecular weight is 231 g/mol. The second kappa shape index (κ2) is 4.11. The molecule has 1 N–H and O–H groups in total. The van der Waals surface area contributed by atoms with Crippen LogP contribution in [0.4, 0.5) is 0 Å². The molecule has 1 amide bonds. The molecule has 4 nitrogen and oxygen atoms in total. The Hall–Kier alpha value is -1.42. The molecular formula is C13H17N3O. The molecule has 2 atom stereocenters. The zero-order chi connectivity index (χ0) is 11.8. The standard InChI is InChI=1S/C13H17N3O/c1-9-3-2-4-11(15-9)13(17)16-6-5-10-7-14-8-12(10)16/h2-4,10,12,14H,5-8H2,1H3/t10-,12+/m1/s1. The lowest BCUT2D eigenvalue weighted by atomic mass is 10.1. The summed E-state index contributed by atoms with van der Waals surface area (Å²) in [5.74, 6) is 0.730. The smallest absolute Gasteiger partial charge is 0.272 e. The third kappa shape index (κ3) is 1.82. The van der Waals surface area contributed by atoms with Gasteiger partial charge in [-0.05, 0) is 31.4 Å². The normalized spacial score (nSPS) is 27.2. The Bertz CT molecular complexity index is 446. The van der Waals surface area contributed by atoms with Crippen molar-refractivity contribution in [2.75, 3.05) is 19.6 Å². The Morgan fingerprint density at radius 1 is 1.47 bits per heavy atom. The molecule has 2 fully saturated rings. The van der Waals surface area contributed by atoms with Crippen molar-refractivity contribution >= 4 is 5.91 Å². The number of pyridine rings is 1. The quantitative estimate of drug-likeness (QED) is 0.778. The number of carbonyl (C=O) groups is 1. The lowest BCUT2D eigenvalue weighted by Crippen LogP contribution is -2.39. The molecular weight excluding hydrogens is 214 g/mol. The Morgan fingerprint density at radius 2 is 2.35 bits per heavy atom. The number of likely N-dealkylation sites (tertiary alicyclic amines) is 1. The van der Waals surface area contributed by atoms with Crippen LogP contribution in [0.1, 0.15) is 22.6 Å². The van der Waals surface area contributed by atoms with Gasteiger partial charge >= 0.3 is 0 Å². The molecule has 2 aliphatic heterocycles. The van der Waals surface area contributed by atoms with Gasteiger partial charge in [-0.1, -0.05) is 6.07 Å². The molecule has 4 heteroatoms. The summed E-state index contributed by atoms with van der Waals surface area (Å²) in [6.45, 7) is 4.78. The van der Waals surface area contributed by atoms with Crippen molar-refractivity contribution < 1.29 is 4.79 Å². The average Bonchev–Trinajstić information content (AvgIpc) is 2.89. The molecule has 0 saturated carbocycles. The highest BCUT2D eigenvalue weighted by Gasteiger charge is 2.40. The molecule has 0 bridgehead atoms. The number of hydrogen-bond donors (Lipinski definition) is 1. The van der Waals surface area contributed by atoms with Crippen LogP contribution in [0.25, 0.3) is 0 Å². The van der Waals surface area contributed by atoms with Crippen LogP contribution < -0.4 is 5.32 Å². The summed E-state index contributed by atoms with van der Waals surface area (Å²) in [5, 5.41) is 3.36. The van der Waals surface area contributed by atoms with Gasteiger partial charge in [-0.15, -0.1) is 0 Å². The minimum atomic E-state index is 0.0879. The molecule has 3 rings (SSSR count). The molecule has 0 spiro atoms. The van der Waals surface area contributed by atoms with E-state index >= 15 is 0 Å². The SMILES string of the molecule is Cc1cccc(C(=O)N2CC[C@@H]3CNC[C@@H]32)n1. The summed E-state index contributed by atoms with van der Waals surface area (Å²) in [6, 6.07) is 6.01. The molecule has 0 aromatic carbocycles. The zero-order valence-corrected chi connectivity index (χ0v) is 10.0. The van der Waals surface area contributed by atoms with Crippen LogP contribution in [0.2, 0.25) is 0 Å². The van der Waals surface area contributed by atoms with Crippen LogP contribution in [-0.4, -0.2) is 41.5 Å². The summed E-state index contributed by atoms with van der Waals surface area (Å²) >= 11 is 0. The minimum absolute atomic E-state index is 0.0879. The number of fused-ring (bicyclic) bond motifs is 1.